The summed E-state index contributed by atoms with van der Waals surface area (Å²) in [5, 5.41) is 8.19. The first-order valence-corrected chi connectivity index (χ1v) is 7.41. The normalized spacial score (nSPS) is 14.4. The second-order valence-corrected chi connectivity index (χ2v) is 5.40. The number of imidazole rings is 1. The molecule has 1 aliphatic rings. The van der Waals surface area contributed by atoms with Crippen molar-refractivity contribution in [3.8, 4) is 5.75 Å². The Morgan fingerprint density at radius 2 is 2.23 bits per heavy atom. The van der Waals surface area contributed by atoms with Crippen molar-refractivity contribution in [1.29, 1.82) is 0 Å². The van der Waals surface area contributed by atoms with Gasteiger partial charge in [-0.2, -0.15) is 10.2 Å². The zero-order valence-electron chi connectivity index (χ0n) is 12.1. The Labute approximate surface area is 128 Å². The SMILES string of the molecule is c1cnnc(C[C@H](c2c[nH]cn2)c2cccc3c2OCC3)c1. The number of aromatic amines is 1. The highest BCUT2D eigenvalue weighted by Crippen LogP contribution is 2.38. The zero-order valence-corrected chi connectivity index (χ0v) is 12.1. The third-order valence-electron chi connectivity index (χ3n) is 4.04. The van der Waals surface area contributed by atoms with E-state index in [-0.39, 0.29) is 5.92 Å². The van der Waals surface area contributed by atoms with E-state index in [0.29, 0.717) is 0 Å². The third kappa shape index (κ3) is 2.35. The van der Waals surface area contributed by atoms with Gasteiger partial charge in [0.1, 0.15) is 5.75 Å². The minimum absolute atomic E-state index is 0.107. The first-order chi connectivity index (χ1) is 10.9. The Hall–Kier alpha value is -2.69. The van der Waals surface area contributed by atoms with E-state index in [1.54, 1.807) is 12.5 Å². The lowest BCUT2D eigenvalue weighted by Gasteiger charge is -2.17. The summed E-state index contributed by atoms with van der Waals surface area (Å²) in [6.07, 6.45) is 7.06. The molecule has 2 aromatic heterocycles. The molecule has 5 heteroatoms. The van der Waals surface area contributed by atoms with Crippen LogP contribution in [0.3, 0.4) is 0 Å². The minimum Gasteiger partial charge on any atom is -0.493 e. The van der Waals surface area contributed by atoms with E-state index in [1.165, 1.54) is 11.1 Å². The molecule has 5 nitrogen and oxygen atoms in total. The molecule has 0 unspecified atom stereocenters. The van der Waals surface area contributed by atoms with Gasteiger partial charge in [-0.05, 0) is 17.7 Å². The maximum atomic E-state index is 5.87. The lowest BCUT2D eigenvalue weighted by atomic mass is 9.89. The summed E-state index contributed by atoms with van der Waals surface area (Å²) in [6.45, 7) is 0.755. The summed E-state index contributed by atoms with van der Waals surface area (Å²) >= 11 is 0. The van der Waals surface area contributed by atoms with Crippen LogP contribution in [-0.2, 0) is 12.8 Å². The Bertz CT molecular complexity index is 756. The zero-order chi connectivity index (χ0) is 14.8. The Morgan fingerprint density at radius 3 is 3.05 bits per heavy atom. The lowest BCUT2D eigenvalue weighted by molar-refractivity contribution is 0.352. The number of ether oxygens (including phenoxy) is 1. The molecule has 1 atom stereocenters. The van der Waals surface area contributed by atoms with Crippen LogP contribution in [-0.4, -0.2) is 26.8 Å². The lowest BCUT2D eigenvalue weighted by Crippen LogP contribution is -2.09. The number of aromatic nitrogens is 4. The summed E-state index contributed by atoms with van der Waals surface area (Å²) in [4.78, 5) is 7.50. The fraction of sp³-hybridized carbons (Fsp3) is 0.235. The summed E-state index contributed by atoms with van der Waals surface area (Å²) in [5.74, 6) is 1.12. The molecule has 1 aliphatic heterocycles. The molecule has 0 saturated heterocycles. The second-order valence-electron chi connectivity index (χ2n) is 5.40. The molecule has 1 aromatic carbocycles. The van der Waals surface area contributed by atoms with Crippen LogP contribution in [0, 0.1) is 0 Å². The van der Waals surface area contributed by atoms with Gasteiger partial charge in [0.05, 0.1) is 24.3 Å². The first-order valence-electron chi connectivity index (χ1n) is 7.41. The average Bonchev–Trinajstić information content (AvgIpc) is 3.24. The molecule has 0 bridgehead atoms. The largest absolute Gasteiger partial charge is 0.493 e. The van der Waals surface area contributed by atoms with Gasteiger partial charge in [0, 0.05) is 36.7 Å². The number of nitrogens with zero attached hydrogens (tertiary/aromatic N) is 3. The molecule has 0 saturated carbocycles. The van der Waals surface area contributed by atoms with Gasteiger partial charge < -0.3 is 9.72 Å². The summed E-state index contributed by atoms with van der Waals surface area (Å²) in [5.41, 5.74) is 4.39. The molecular weight excluding hydrogens is 276 g/mol. The predicted molar refractivity (Wildman–Crippen MR) is 81.8 cm³/mol. The van der Waals surface area contributed by atoms with Crippen LogP contribution in [0.4, 0.5) is 0 Å². The standard InChI is InChI=1S/C17H16N4O/c1-3-12-6-8-22-17(12)14(5-1)15(16-10-18-11-19-16)9-13-4-2-7-20-21-13/h1-5,7,10-11,15H,6,8-9H2,(H,18,19)/t15-/m0/s1. The number of nitrogens with one attached hydrogen (secondary N) is 1. The van der Waals surface area contributed by atoms with Gasteiger partial charge in [-0.25, -0.2) is 4.98 Å². The molecular formula is C17H16N4O. The second kappa shape index (κ2) is 5.60. The van der Waals surface area contributed by atoms with Crippen LogP contribution in [0.5, 0.6) is 5.75 Å². The number of hydrogen-bond acceptors (Lipinski definition) is 4. The van der Waals surface area contributed by atoms with E-state index < -0.39 is 0 Å². The van der Waals surface area contributed by atoms with Crippen LogP contribution in [0.1, 0.15) is 28.4 Å². The van der Waals surface area contributed by atoms with Crippen LogP contribution < -0.4 is 4.74 Å². The molecule has 0 aliphatic carbocycles. The average molecular weight is 292 g/mol. The van der Waals surface area contributed by atoms with Gasteiger partial charge in [-0.3, -0.25) is 0 Å². The highest BCUT2D eigenvalue weighted by molar-refractivity contribution is 5.48. The summed E-state index contributed by atoms with van der Waals surface area (Å²) in [7, 11) is 0. The molecule has 0 spiro atoms. The van der Waals surface area contributed by atoms with Gasteiger partial charge in [0.25, 0.3) is 0 Å². The van der Waals surface area contributed by atoms with Crippen LogP contribution in [0.2, 0.25) is 0 Å². The number of rotatable bonds is 4. The Balaban J connectivity index is 1.77. The molecule has 0 fully saturated rings. The van der Waals surface area contributed by atoms with Crippen molar-refractivity contribution in [2.75, 3.05) is 6.61 Å². The van der Waals surface area contributed by atoms with E-state index in [9.17, 15) is 0 Å². The van der Waals surface area contributed by atoms with Crippen molar-refractivity contribution >= 4 is 0 Å². The monoisotopic (exact) mass is 292 g/mol. The van der Waals surface area contributed by atoms with Gasteiger partial charge in [-0.15, -0.1) is 0 Å². The fourth-order valence-corrected chi connectivity index (χ4v) is 3.00. The van der Waals surface area contributed by atoms with Crippen LogP contribution in [0.15, 0.2) is 49.1 Å². The highest BCUT2D eigenvalue weighted by atomic mass is 16.5. The van der Waals surface area contributed by atoms with E-state index in [2.05, 4.69) is 38.4 Å². The van der Waals surface area contributed by atoms with E-state index in [0.717, 1.165) is 36.6 Å². The van der Waals surface area contributed by atoms with E-state index in [1.807, 2.05) is 18.3 Å². The molecule has 110 valence electrons. The van der Waals surface area contributed by atoms with Crippen molar-refractivity contribution in [2.45, 2.75) is 18.8 Å². The molecule has 3 aromatic rings. The van der Waals surface area contributed by atoms with Crippen molar-refractivity contribution in [3.63, 3.8) is 0 Å². The van der Waals surface area contributed by atoms with Gasteiger partial charge in [-0.1, -0.05) is 18.2 Å². The van der Waals surface area contributed by atoms with Gasteiger partial charge >= 0.3 is 0 Å². The van der Waals surface area contributed by atoms with E-state index in [4.69, 9.17) is 4.74 Å². The quantitative estimate of drug-likeness (QED) is 0.802. The fourth-order valence-electron chi connectivity index (χ4n) is 3.00. The van der Waals surface area contributed by atoms with Crippen molar-refractivity contribution < 1.29 is 4.74 Å². The molecule has 3 heterocycles. The first kappa shape index (κ1) is 13.0. The van der Waals surface area contributed by atoms with Crippen molar-refractivity contribution in [2.24, 2.45) is 0 Å². The molecule has 0 radical (unpaired) electrons. The van der Waals surface area contributed by atoms with Crippen molar-refractivity contribution in [1.82, 2.24) is 20.2 Å². The van der Waals surface area contributed by atoms with E-state index >= 15 is 0 Å². The van der Waals surface area contributed by atoms with Crippen LogP contribution >= 0.6 is 0 Å². The smallest absolute Gasteiger partial charge is 0.126 e. The summed E-state index contributed by atoms with van der Waals surface area (Å²) in [6, 6.07) is 10.3. The molecule has 22 heavy (non-hydrogen) atoms. The topological polar surface area (TPSA) is 63.7 Å². The van der Waals surface area contributed by atoms with Crippen LogP contribution in [0.25, 0.3) is 0 Å². The number of para-hydroxylation sites is 1. The number of benzene rings is 1. The summed E-state index contributed by atoms with van der Waals surface area (Å²) < 4.78 is 5.87. The van der Waals surface area contributed by atoms with Crippen molar-refractivity contribution in [3.05, 3.63) is 71.6 Å². The minimum atomic E-state index is 0.107. The molecule has 4 rings (SSSR count). The number of H-pyrrole nitrogens is 1. The predicted octanol–water partition coefficient (Wildman–Crippen LogP) is 2.51. The number of fused-ring (bicyclic) bond motifs is 1. The molecule has 0 amide bonds. The maximum absolute atomic E-state index is 5.87. The van der Waals surface area contributed by atoms with Gasteiger partial charge in [0.15, 0.2) is 0 Å². The Morgan fingerprint density at radius 1 is 1.23 bits per heavy atom. The molecule has 1 N–H and O–H groups in total. The third-order valence-corrected chi connectivity index (χ3v) is 4.04. The number of hydrogen-bond donors (Lipinski definition) is 1. The highest BCUT2D eigenvalue weighted by Gasteiger charge is 2.25. The van der Waals surface area contributed by atoms with Gasteiger partial charge in [0.2, 0.25) is 0 Å². The Kier molecular flexibility index (Phi) is 3.31. The maximum Gasteiger partial charge on any atom is 0.126 e.